The van der Waals surface area contributed by atoms with Gasteiger partial charge in [-0.15, -0.1) is 0 Å². The van der Waals surface area contributed by atoms with Gasteiger partial charge in [0, 0.05) is 12.0 Å². The van der Waals surface area contributed by atoms with Crippen molar-refractivity contribution < 1.29 is 23.8 Å². The molecule has 0 heterocycles. The Labute approximate surface area is 91.3 Å². The average Bonchev–Trinajstić information content (AvgIpc) is 2.19. The molecule has 1 atom stereocenters. The summed E-state index contributed by atoms with van der Waals surface area (Å²) in [5.74, 6) is -3.30. The number of hydrogen-bond donors (Lipinski definition) is 2. The highest BCUT2D eigenvalue weighted by molar-refractivity contribution is 5.66. The second-order valence-corrected chi connectivity index (χ2v) is 3.77. The first kappa shape index (κ1) is 12.6. The third-order valence-corrected chi connectivity index (χ3v) is 2.36. The molecule has 1 aromatic carbocycles. The van der Waals surface area contributed by atoms with Gasteiger partial charge < -0.3 is 10.2 Å². The van der Waals surface area contributed by atoms with Gasteiger partial charge in [-0.2, -0.15) is 0 Å². The molecule has 0 aliphatic carbocycles. The predicted octanol–water partition coefficient (Wildman–Crippen LogP) is 2.04. The van der Waals surface area contributed by atoms with Crippen LogP contribution < -0.4 is 0 Å². The summed E-state index contributed by atoms with van der Waals surface area (Å²) >= 11 is 0. The van der Waals surface area contributed by atoms with Gasteiger partial charge in [0.2, 0.25) is 0 Å². The Morgan fingerprint density at radius 1 is 1.44 bits per heavy atom. The minimum Gasteiger partial charge on any atom is -0.481 e. The molecule has 0 spiro atoms. The fourth-order valence-corrected chi connectivity index (χ4v) is 1.40. The maximum absolute atomic E-state index is 13.3. The standard InChI is InChI=1S/C11H12F2O3/c1-11(16,6-5-9(14)15)7-3-2-4-8(12)10(7)13/h2-4,16H,5-6H2,1H3,(H,14,15). The Kier molecular flexibility index (Phi) is 3.59. The number of aliphatic carboxylic acids is 1. The van der Waals surface area contributed by atoms with E-state index in [4.69, 9.17) is 5.11 Å². The number of rotatable bonds is 4. The monoisotopic (exact) mass is 230 g/mol. The molecule has 3 nitrogen and oxygen atoms in total. The lowest BCUT2D eigenvalue weighted by Crippen LogP contribution is -2.24. The van der Waals surface area contributed by atoms with E-state index in [0.29, 0.717) is 0 Å². The molecule has 0 saturated heterocycles. The van der Waals surface area contributed by atoms with Crippen LogP contribution in [0.3, 0.4) is 0 Å². The minimum atomic E-state index is -1.69. The fourth-order valence-electron chi connectivity index (χ4n) is 1.40. The number of aliphatic hydroxyl groups is 1. The zero-order chi connectivity index (χ0) is 12.3. The van der Waals surface area contributed by atoms with Crippen LogP contribution >= 0.6 is 0 Å². The van der Waals surface area contributed by atoms with Gasteiger partial charge in [0.05, 0.1) is 5.60 Å². The second-order valence-electron chi connectivity index (χ2n) is 3.77. The first-order valence-corrected chi connectivity index (χ1v) is 4.73. The number of hydrogen-bond acceptors (Lipinski definition) is 2. The number of carboxylic acid groups (broad SMARTS) is 1. The third kappa shape index (κ3) is 2.76. The van der Waals surface area contributed by atoms with Crippen LogP contribution in [-0.2, 0) is 10.4 Å². The lowest BCUT2D eigenvalue weighted by atomic mass is 9.90. The maximum atomic E-state index is 13.3. The Morgan fingerprint density at radius 2 is 2.06 bits per heavy atom. The van der Waals surface area contributed by atoms with E-state index in [2.05, 4.69) is 0 Å². The molecule has 2 N–H and O–H groups in total. The minimum absolute atomic E-state index is 0.178. The van der Waals surface area contributed by atoms with Crippen molar-refractivity contribution in [2.75, 3.05) is 0 Å². The van der Waals surface area contributed by atoms with Gasteiger partial charge in [-0.1, -0.05) is 12.1 Å². The molecule has 88 valence electrons. The number of halogens is 2. The van der Waals surface area contributed by atoms with Crippen molar-refractivity contribution in [1.82, 2.24) is 0 Å². The van der Waals surface area contributed by atoms with Gasteiger partial charge in [0.25, 0.3) is 0 Å². The summed E-state index contributed by atoms with van der Waals surface area (Å²) in [5, 5.41) is 18.3. The summed E-state index contributed by atoms with van der Waals surface area (Å²) in [6, 6.07) is 3.44. The highest BCUT2D eigenvalue weighted by Gasteiger charge is 2.28. The Hall–Kier alpha value is -1.49. The average molecular weight is 230 g/mol. The molecule has 0 aliphatic rings. The van der Waals surface area contributed by atoms with Crippen LogP contribution in [0.5, 0.6) is 0 Å². The topological polar surface area (TPSA) is 57.5 Å². The van der Waals surface area contributed by atoms with E-state index in [1.54, 1.807) is 0 Å². The van der Waals surface area contributed by atoms with Gasteiger partial charge in [0.15, 0.2) is 11.6 Å². The summed E-state index contributed by atoms with van der Waals surface area (Å²) in [4.78, 5) is 10.4. The molecule has 0 amide bonds. The van der Waals surface area contributed by atoms with Gasteiger partial charge in [-0.3, -0.25) is 4.79 Å². The number of carboxylic acids is 1. The highest BCUT2D eigenvalue weighted by Crippen LogP contribution is 2.29. The molecule has 1 rings (SSSR count). The highest BCUT2D eigenvalue weighted by atomic mass is 19.2. The summed E-state index contributed by atoms with van der Waals surface area (Å²) in [6.45, 7) is 1.26. The Morgan fingerprint density at radius 3 is 2.62 bits per heavy atom. The molecular formula is C11H12F2O3. The van der Waals surface area contributed by atoms with E-state index in [-0.39, 0.29) is 18.4 Å². The molecule has 0 bridgehead atoms. The molecule has 5 heteroatoms. The van der Waals surface area contributed by atoms with Crippen LogP contribution in [0.2, 0.25) is 0 Å². The van der Waals surface area contributed by atoms with Gasteiger partial charge >= 0.3 is 5.97 Å². The van der Waals surface area contributed by atoms with E-state index in [9.17, 15) is 18.7 Å². The quantitative estimate of drug-likeness (QED) is 0.832. The van der Waals surface area contributed by atoms with Crippen molar-refractivity contribution in [3.8, 4) is 0 Å². The Bertz CT molecular complexity index is 402. The van der Waals surface area contributed by atoms with E-state index >= 15 is 0 Å². The van der Waals surface area contributed by atoms with Crippen LogP contribution in [0.1, 0.15) is 25.3 Å². The zero-order valence-corrected chi connectivity index (χ0v) is 8.70. The lowest BCUT2D eigenvalue weighted by Gasteiger charge is -2.23. The van der Waals surface area contributed by atoms with Gasteiger partial charge in [-0.25, -0.2) is 8.78 Å². The number of carbonyl (C=O) groups is 1. The summed E-state index contributed by atoms with van der Waals surface area (Å²) in [7, 11) is 0. The van der Waals surface area contributed by atoms with Gasteiger partial charge in [-0.05, 0) is 19.4 Å². The largest absolute Gasteiger partial charge is 0.481 e. The summed E-state index contributed by atoms with van der Waals surface area (Å²) in [6.07, 6.45) is -0.494. The zero-order valence-electron chi connectivity index (χ0n) is 8.70. The van der Waals surface area contributed by atoms with Crippen LogP contribution in [0, 0.1) is 11.6 Å². The van der Waals surface area contributed by atoms with Crippen LogP contribution in [0.25, 0.3) is 0 Å². The smallest absolute Gasteiger partial charge is 0.303 e. The fraction of sp³-hybridized carbons (Fsp3) is 0.364. The molecule has 0 aromatic heterocycles. The van der Waals surface area contributed by atoms with Crippen LogP contribution in [-0.4, -0.2) is 16.2 Å². The molecule has 1 unspecified atom stereocenters. The van der Waals surface area contributed by atoms with Crippen molar-refractivity contribution in [1.29, 1.82) is 0 Å². The molecule has 0 saturated carbocycles. The molecular weight excluding hydrogens is 218 g/mol. The van der Waals surface area contributed by atoms with Gasteiger partial charge in [0.1, 0.15) is 0 Å². The first-order chi connectivity index (χ1) is 7.34. The second kappa shape index (κ2) is 4.57. The van der Waals surface area contributed by atoms with E-state index in [1.165, 1.54) is 19.1 Å². The van der Waals surface area contributed by atoms with E-state index in [0.717, 1.165) is 6.07 Å². The summed E-state index contributed by atoms with van der Waals surface area (Å²) < 4.78 is 26.2. The van der Waals surface area contributed by atoms with Crippen molar-refractivity contribution in [2.24, 2.45) is 0 Å². The number of benzene rings is 1. The summed E-state index contributed by atoms with van der Waals surface area (Å²) in [5.41, 5.74) is -1.92. The predicted molar refractivity (Wildman–Crippen MR) is 52.8 cm³/mol. The van der Waals surface area contributed by atoms with E-state index < -0.39 is 23.2 Å². The molecule has 0 aliphatic heterocycles. The van der Waals surface area contributed by atoms with Crippen molar-refractivity contribution in [2.45, 2.75) is 25.4 Å². The van der Waals surface area contributed by atoms with Crippen LogP contribution in [0.4, 0.5) is 8.78 Å². The maximum Gasteiger partial charge on any atom is 0.303 e. The van der Waals surface area contributed by atoms with Crippen molar-refractivity contribution >= 4 is 5.97 Å². The van der Waals surface area contributed by atoms with Crippen LogP contribution in [0.15, 0.2) is 18.2 Å². The molecule has 0 fully saturated rings. The third-order valence-electron chi connectivity index (χ3n) is 2.36. The van der Waals surface area contributed by atoms with Crippen molar-refractivity contribution in [3.63, 3.8) is 0 Å². The first-order valence-electron chi connectivity index (χ1n) is 4.73. The molecule has 1 aromatic rings. The molecule has 16 heavy (non-hydrogen) atoms. The van der Waals surface area contributed by atoms with Crippen molar-refractivity contribution in [3.05, 3.63) is 35.4 Å². The van der Waals surface area contributed by atoms with E-state index in [1.807, 2.05) is 0 Å². The normalized spacial score (nSPS) is 14.5. The SMILES string of the molecule is CC(O)(CCC(=O)O)c1cccc(F)c1F. The Balaban J connectivity index is 2.97. The lowest BCUT2D eigenvalue weighted by molar-refractivity contribution is -0.138. The molecule has 0 radical (unpaired) electrons.